The maximum absolute atomic E-state index is 13.3. The summed E-state index contributed by atoms with van der Waals surface area (Å²) < 4.78 is 11.8. The second-order valence-electron chi connectivity index (χ2n) is 11.3. The number of ether oxygens (including phenoxy) is 2. The van der Waals surface area contributed by atoms with Crippen LogP contribution in [-0.2, 0) is 28.7 Å². The van der Waals surface area contributed by atoms with Gasteiger partial charge in [0.2, 0.25) is 5.78 Å². The normalized spacial score (nSPS) is 40.0. The number of aliphatic hydroxyl groups excluding tert-OH is 1. The van der Waals surface area contributed by atoms with E-state index in [1.54, 1.807) is 19.9 Å². The Morgan fingerprint density at radius 2 is 1.74 bits per heavy atom. The minimum atomic E-state index is -1.35. The Labute approximate surface area is 207 Å². The Kier molecular flexibility index (Phi) is 6.62. The minimum Gasteiger partial charge on any atom is -0.450 e. The van der Waals surface area contributed by atoms with Crippen molar-refractivity contribution in [2.75, 3.05) is 6.61 Å². The predicted molar refractivity (Wildman–Crippen MR) is 128 cm³/mol. The average molecular weight is 487 g/mol. The highest BCUT2D eigenvalue weighted by molar-refractivity contribution is 6.02. The summed E-state index contributed by atoms with van der Waals surface area (Å²) in [5.41, 5.74) is -1.52. The van der Waals surface area contributed by atoms with Crippen molar-refractivity contribution in [1.29, 1.82) is 0 Å². The number of carbonyl (C=O) groups is 4. The molecule has 1 unspecified atom stereocenters. The number of ketones is 2. The Hall–Kier alpha value is -2.28. The summed E-state index contributed by atoms with van der Waals surface area (Å²) in [7, 11) is 0. The molecule has 35 heavy (non-hydrogen) atoms. The molecule has 0 aromatic heterocycles. The molecule has 0 aliphatic heterocycles. The minimum absolute atomic E-state index is 0.0931. The van der Waals surface area contributed by atoms with Crippen LogP contribution in [0.25, 0.3) is 0 Å². The molecule has 3 saturated carbocycles. The van der Waals surface area contributed by atoms with E-state index < -0.39 is 34.8 Å². The average Bonchev–Trinajstić information content (AvgIpc) is 3.06. The molecule has 0 amide bonds. The van der Waals surface area contributed by atoms with Crippen LogP contribution >= 0.6 is 0 Å². The lowest BCUT2D eigenvalue weighted by Crippen LogP contribution is -2.61. The van der Waals surface area contributed by atoms with Gasteiger partial charge in [-0.15, -0.1) is 0 Å². The molecule has 0 aromatic carbocycles. The Morgan fingerprint density at radius 1 is 1.06 bits per heavy atom. The molecule has 1 N–H and O–H groups in total. The number of Topliss-reactive ketones (excluding diaryl/α,β-unsaturated/α-hetero) is 1. The SMILES string of the molecule is CCC(=O)OC1=CC(=O)C=C2CC[C@@H]3[C@H](CC[C@@]4(C)[C@H]3CC(C)[C@]4(OC(=O)CC)C(=O)CO)[C@]21C. The van der Waals surface area contributed by atoms with Gasteiger partial charge in [-0.05, 0) is 62.9 Å². The quantitative estimate of drug-likeness (QED) is 0.564. The summed E-state index contributed by atoms with van der Waals surface area (Å²) in [5.74, 6) is -0.724. The van der Waals surface area contributed by atoms with Crippen LogP contribution in [0.15, 0.2) is 23.5 Å². The van der Waals surface area contributed by atoms with Gasteiger partial charge in [0.25, 0.3) is 0 Å². The molecule has 0 aromatic rings. The van der Waals surface area contributed by atoms with Gasteiger partial charge in [-0.1, -0.05) is 33.3 Å². The predicted octanol–water partition coefficient (Wildman–Crippen LogP) is 4.07. The van der Waals surface area contributed by atoms with Crippen LogP contribution < -0.4 is 0 Å². The highest BCUT2D eigenvalue weighted by Gasteiger charge is 2.71. The number of aliphatic hydroxyl groups is 1. The number of esters is 2. The summed E-state index contributed by atoms with van der Waals surface area (Å²) in [6.07, 6.45) is 7.20. The Morgan fingerprint density at radius 3 is 2.37 bits per heavy atom. The van der Waals surface area contributed by atoms with Gasteiger partial charge < -0.3 is 14.6 Å². The summed E-state index contributed by atoms with van der Waals surface area (Å²) in [4.78, 5) is 50.6. The second kappa shape index (κ2) is 8.99. The molecule has 4 rings (SSSR count). The number of fused-ring (bicyclic) bond motifs is 5. The molecular weight excluding hydrogens is 448 g/mol. The summed E-state index contributed by atoms with van der Waals surface area (Å²) in [6.45, 7) is 8.88. The third-order valence-electron chi connectivity index (χ3n) is 9.87. The van der Waals surface area contributed by atoms with Gasteiger partial charge >= 0.3 is 11.9 Å². The van der Waals surface area contributed by atoms with Crippen LogP contribution in [0.2, 0.25) is 0 Å². The third-order valence-corrected chi connectivity index (χ3v) is 9.87. The van der Waals surface area contributed by atoms with E-state index in [4.69, 9.17) is 9.47 Å². The summed E-state index contributed by atoms with van der Waals surface area (Å²) >= 11 is 0. The van der Waals surface area contributed by atoms with Gasteiger partial charge in [0.1, 0.15) is 12.4 Å². The van der Waals surface area contributed by atoms with Gasteiger partial charge in [0.05, 0.1) is 5.41 Å². The van der Waals surface area contributed by atoms with E-state index in [2.05, 4.69) is 13.8 Å². The fourth-order valence-electron chi connectivity index (χ4n) is 8.18. The van der Waals surface area contributed by atoms with Gasteiger partial charge in [0, 0.05) is 30.3 Å². The number of allylic oxidation sites excluding steroid dienone is 3. The topological polar surface area (TPSA) is 107 Å². The molecule has 7 heteroatoms. The van der Waals surface area contributed by atoms with Crippen LogP contribution in [0.5, 0.6) is 0 Å². The third kappa shape index (κ3) is 3.56. The van der Waals surface area contributed by atoms with E-state index in [1.165, 1.54) is 6.08 Å². The van der Waals surface area contributed by atoms with Gasteiger partial charge in [0.15, 0.2) is 11.4 Å². The Balaban J connectivity index is 1.76. The summed E-state index contributed by atoms with van der Waals surface area (Å²) in [6, 6.07) is 0. The number of hydrogen-bond donors (Lipinski definition) is 1. The van der Waals surface area contributed by atoms with Crippen molar-refractivity contribution in [3.8, 4) is 0 Å². The maximum atomic E-state index is 13.3. The first-order valence-electron chi connectivity index (χ1n) is 13.0. The van der Waals surface area contributed by atoms with Crippen molar-refractivity contribution in [3.63, 3.8) is 0 Å². The second-order valence-corrected chi connectivity index (χ2v) is 11.3. The van der Waals surface area contributed by atoms with Gasteiger partial charge in [-0.2, -0.15) is 0 Å². The lowest BCUT2D eigenvalue weighted by molar-refractivity contribution is -0.196. The fraction of sp³-hybridized carbons (Fsp3) is 0.714. The highest BCUT2D eigenvalue weighted by Crippen LogP contribution is 2.70. The van der Waals surface area contributed by atoms with Crippen molar-refractivity contribution in [2.24, 2.45) is 34.5 Å². The largest absolute Gasteiger partial charge is 0.450 e. The number of rotatable bonds is 6. The van der Waals surface area contributed by atoms with Crippen molar-refractivity contribution in [2.45, 2.75) is 85.2 Å². The molecule has 7 atom stereocenters. The number of carbonyl (C=O) groups excluding carboxylic acids is 4. The zero-order valence-electron chi connectivity index (χ0n) is 21.5. The lowest BCUT2D eigenvalue weighted by atomic mass is 9.46. The first-order valence-corrected chi connectivity index (χ1v) is 13.0. The lowest BCUT2D eigenvalue weighted by Gasteiger charge is -2.58. The zero-order valence-corrected chi connectivity index (χ0v) is 21.5. The van der Waals surface area contributed by atoms with Crippen molar-refractivity contribution >= 4 is 23.5 Å². The molecule has 0 spiro atoms. The molecule has 3 fully saturated rings. The molecule has 192 valence electrons. The Bertz CT molecular complexity index is 1010. The molecule has 0 saturated heterocycles. The smallest absolute Gasteiger partial charge is 0.310 e. The standard InChI is InChI=1S/C28H38O7/c1-6-24(32)34-23-14-18(30)13-17-8-9-19-20(27(17,23)5)10-11-26(4)21(19)12-16(3)28(26,22(31)15-29)35-25(33)7-2/h13-14,16,19-21,29H,6-12,15H2,1-5H3/t16?,19-,20+,21+,26+,27+,28+/m1/s1. The molecular formula is C28H38O7. The molecule has 4 aliphatic carbocycles. The van der Waals surface area contributed by atoms with Crippen molar-refractivity contribution in [3.05, 3.63) is 23.5 Å². The van der Waals surface area contributed by atoms with E-state index >= 15 is 0 Å². The monoisotopic (exact) mass is 486 g/mol. The van der Waals surface area contributed by atoms with Gasteiger partial charge in [-0.3, -0.25) is 19.2 Å². The van der Waals surface area contributed by atoms with Crippen molar-refractivity contribution < 1.29 is 33.8 Å². The first-order chi connectivity index (χ1) is 16.5. The van der Waals surface area contributed by atoms with E-state index in [9.17, 15) is 24.3 Å². The fourth-order valence-corrected chi connectivity index (χ4v) is 8.18. The first kappa shape index (κ1) is 25.8. The number of hydrogen-bond acceptors (Lipinski definition) is 7. The molecule has 7 nitrogen and oxygen atoms in total. The van der Waals surface area contributed by atoms with Crippen LogP contribution in [0, 0.1) is 34.5 Å². The van der Waals surface area contributed by atoms with E-state index in [1.807, 2.05) is 6.92 Å². The van der Waals surface area contributed by atoms with E-state index in [-0.39, 0.29) is 48.3 Å². The zero-order chi connectivity index (χ0) is 25.8. The van der Waals surface area contributed by atoms with Crippen LogP contribution in [-0.4, -0.2) is 40.8 Å². The molecule has 4 aliphatic rings. The van der Waals surface area contributed by atoms with Crippen LogP contribution in [0.1, 0.15) is 79.6 Å². The van der Waals surface area contributed by atoms with Crippen LogP contribution in [0.4, 0.5) is 0 Å². The maximum Gasteiger partial charge on any atom is 0.310 e. The van der Waals surface area contributed by atoms with Gasteiger partial charge in [-0.25, -0.2) is 0 Å². The molecule has 0 bridgehead atoms. The molecule has 0 heterocycles. The van der Waals surface area contributed by atoms with E-state index in [0.717, 1.165) is 18.4 Å². The van der Waals surface area contributed by atoms with E-state index in [0.29, 0.717) is 25.0 Å². The highest BCUT2D eigenvalue weighted by atomic mass is 16.6. The summed E-state index contributed by atoms with van der Waals surface area (Å²) in [5, 5.41) is 9.93. The van der Waals surface area contributed by atoms with Crippen molar-refractivity contribution in [1.82, 2.24) is 0 Å². The molecule has 0 radical (unpaired) electrons. The van der Waals surface area contributed by atoms with Crippen LogP contribution in [0.3, 0.4) is 0 Å².